The number of fused-ring (bicyclic) bond motifs is 2. The van der Waals surface area contributed by atoms with Crippen LogP contribution >= 0.6 is 16.3 Å². The lowest BCUT2D eigenvalue weighted by molar-refractivity contribution is 0.102. The molecular weight excluding hydrogens is 761 g/mol. The first kappa shape index (κ1) is 39.3. The average Bonchev–Trinajstić information content (AvgIpc) is 3.29. The maximum Gasteiger partial charge on any atom is 0.259 e. The predicted molar refractivity (Wildman–Crippen MR) is 252 cm³/mol. The van der Waals surface area contributed by atoms with Crippen LogP contribution in [0.5, 0.6) is 11.5 Å². The fourth-order valence-corrected chi connectivity index (χ4v) is 10.7. The lowest BCUT2D eigenvalue weighted by Crippen LogP contribution is -2.19. The van der Waals surface area contributed by atoms with Crippen molar-refractivity contribution in [3.05, 3.63) is 223 Å². The minimum Gasteiger partial charge on any atom is -0.464 e. The molecule has 0 unspecified atom stereocenters. The number of rotatable bonds is 11. The first-order valence-electron chi connectivity index (χ1n) is 19.2. The van der Waals surface area contributed by atoms with Gasteiger partial charge < -0.3 is 14.4 Å². The fraction of sp³-hybridized carbons (Fsp3) is 0.0377. The van der Waals surface area contributed by atoms with Gasteiger partial charge in [0.15, 0.2) is 16.3 Å². The largest absolute Gasteiger partial charge is 0.464 e. The monoisotopic (exact) mass is 803 g/mol. The molecule has 4 nitrogen and oxygen atoms in total. The van der Waals surface area contributed by atoms with E-state index in [9.17, 15) is 4.79 Å². The lowest BCUT2D eigenvalue weighted by atomic mass is 9.90. The Morgan fingerprint density at radius 1 is 0.458 bits per heavy atom. The van der Waals surface area contributed by atoms with E-state index in [0.29, 0.717) is 22.7 Å². The maximum atomic E-state index is 14.9. The Hall–Kier alpha value is -6.57. The van der Waals surface area contributed by atoms with Crippen molar-refractivity contribution < 1.29 is 13.8 Å². The number of hydrogen-bond acceptors (Lipinski definition) is 3. The Morgan fingerprint density at radius 3 is 1.42 bits per heavy atom. The molecule has 1 amide bonds. The lowest BCUT2D eigenvalue weighted by Gasteiger charge is -2.27. The van der Waals surface area contributed by atoms with E-state index < -0.39 is 16.3 Å². The summed E-state index contributed by atoms with van der Waals surface area (Å²) in [6.07, 6.45) is 0. The van der Waals surface area contributed by atoms with Gasteiger partial charge in [-0.05, 0) is 52.7 Å². The van der Waals surface area contributed by atoms with E-state index in [1.807, 2.05) is 97.9 Å². The summed E-state index contributed by atoms with van der Waals surface area (Å²) in [5.74, 6) is 0.930. The minimum absolute atomic E-state index is 0. The number of carbonyl (C=O) groups excluding carboxylic acids is 1. The van der Waals surface area contributed by atoms with Crippen LogP contribution < -0.4 is 35.6 Å². The van der Waals surface area contributed by atoms with E-state index in [1.54, 1.807) is 0 Å². The summed E-state index contributed by atoms with van der Waals surface area (Å²) < 4.78 is 14.9. The normalized spacial score (nSPS) is 11.0. The number of amides is 1. The van der Waals surface area contributed by atoms with Crippen LogP contribution in [0.1, 0.15) is 23.3 Å². The predicted octanol–water partition coefficient (Wildman–Crippen LogP) is 12.7. The van der Waals surface area contributed by atoms with E-state index in [4.69, 9.17) is 9.05 Å². The van der Waals surface area contributed by atoms with Crippen LogP contribution in [0.3, 0.4) is 0 Å². The molecular formula is C53H43NO3P2. The maximum absolute atomic E-state index is 14.9. The minimum atomic E-state index is -1.45. The molecule has 0 aliphatic rings. The number of anilines is 1. The molecule has 1 N–H and O–H groups in total. The van der Waals surface area contributed by atoms with Crippen LogP contribution in [0.25, 0.3) is 32.7 Å². The highest BCUT2D eigenvalue weighted by atomic mass is 31.1. The van der Waals surface area contributed by atoms with Crippen molar-refractivity contribution in [2.45, 2.75) is 14.4 Å². The molecule has 288 valence electrons. The number of benzene rings is 9. The highest BCUT2D eigenvalue weighted by Gasteiger charge is 2.30. The molecule has 0 spiro atoms. The number of hydrogen-bond donors (Lipinski definition) is 1. The van der Waals surface area contributed by atoms with Crippen LogP contribution in [0, 0.1) is 6.92 Å². The molecule has 59 heavy (non-hydrogen) atoms. The molecule has 0 radical (unpaired) electrons. The average molecular weight is 804 g/mol. The van der Waals surface area contributed by atoms with Gasteiger partial charge in [-0.2, -0.15) is 0 Å². The van der Waals surface area contributed by atoms with Crippen molar-refractivity contribution in [1.29, 1.82) is 0 Å². The van der Waals surface area contributed by atoms with Crippen molar-refractivity contribution in [2.24, 2.45) is 0 Å². The third-order valence-electron chi connectivity index (χ3n) is 10.0. The Labute approximate surface area is 348 Å². The first-order chi connectivity index (χ1) is 28.6. The Kier molecular flexibility index (Phi) is 11.9. The fourth-order valence-electron chi connectivity index (χ4n) is 7.21. The van der Waals surface area contributed by atoms with E-state index >= 15 is 0 Å². The molecule has 9 aromatic carbocycles. The van der Waals surface area contributed by atoms with Crippen molar-refractivity contribution in [3.8, 4) is 22.6 Å². The smallest absolute Gasteiger partial charge is 0.259 e. The molecule has 9 rings (SSSR count). The number of nitrogens with one attached hydrogen (secondary N) is 1. The van der Waals surface area contributed by atoms with Gasteiger partial charge in [0.2, 0.25) is 0 Å². The summed E-state index contributed by atoms with van der Waals surface area (Å²) in [5, 5.41) is 11.3. The molecule has 9 aromatic rings. The topological polar surface area (TPSA) is 47.6 Å². The standard InChI is InChI=1S/C52H39NO3P2.CH4/c1-37-30-33-40(34-31-37)53-52(54)47-36-39-19-15-17-29-46(39)50(51(47)56-58(43-24-10-4-11-25-43)44-26-12-5-13-27-44)49-45-28-16-14-18-38(45)32-35-48(49)55-57(41-20-6-2-7-21-41)42-22-8-3-9-23-42;/h2-36H,1H3,(H,53,54);1H4. The molecule has 0 aliphatic carbocycles. The second-order valence-electron chi connectivity index (χ2n) is 13.9. The van der Waals surface area contributed by atoms with Gasteiger partial charge in [-0.3, -0.25) is 4.79 Å². The van der Waals surface area contributed by atoms with E-state index in [0.717, 1.165) is 59.5 Å². The summed E-state index contributed by atoms with van der Waals surface area (Å²) in [5.41, 5.74) is 3.91. The van der Waals surface area contributed by atoms with Gasteiger partial charge in [0.1, 0.15) is 11.5 Å². The number of aryl methyl sites for hydroxylation is 1. The zero-order chi connectivity index (χ0) is 39.3. The number of carbonyl (C=O) groups is 1. The molecule has 6 heteroatoms. The van der Waals surface area contributed by atoms with Gasteiger partial charge in [-0.25, -0.2) is 0 Å². The van der Waals surface area contributed by atoms with Gasteiger partial charge >= 0.3 is 0 Å². The Morgan fingerprint density at radius 2 is 0.898 bits per heavy atom. The van der Waals surface area contributed by atoms with Gasteiger partial charge in [-0.1, -0.05) is 201 Å². The van der Waals surface area contributed by atoms with Gasteiger partial charge in [0.25, 0.3) is 5.91 Å². The second kappa shape index (κ2) is 17.9. The Bertz CT molecular complexity index is 2760. The molecule has 0 saturated carbocycles. The SMILES string of the molecule is C.Cc1ccc(NC(=O)c2cc3ccccc3c(-c3c(OP(c4ccccc4)c4ccccc4)ccc4ccccc34)c2OP(c2ccccc2)c2ccccc2)cc1. The van der Waals surface area contributed by atoms with E-state index in [1.165, 1.54) is 0 Å². The van der Waals surface area contributed by atoms with Gasteiger partial charge in [0, 0.05) is 38.0 Å². The van der Waals surface area contributed by atoms with Crippen LogP contribution in [0.15, 0.2) is 212 Å². The molecule has 0 fully saturated rings. The molecule has 0 heterocycles. The zero-order valence-corrected chi connectivity index (χ0v) is 33.6. The van der Waals surface area contributed by atoms with Crippen molar-refractivity contribution in [2.75, 3.05) is 5.32 Å². The summed E-state index contributed by atoms with van der Waals surface area (Å²) in [6.45, 7) is 2.04. The van der Waals surface area contributed by atoms with Crippen molar-refractivity contribution in [3.63, 3.8) is 0 Å². The summed E-state index contributed by atoms with van der Waals surface area (Å²) >= 11 is 0. The third kappa shape index (κ3) is 8.38. The summed E-state index contributed by atoms with van der Waals surface area (Å²) in [6, 6.07) is 72.1. The molecule has 0 aliphatic heterocycles. The first-order valence-corrected chi connectivity index (χ1v) is 21.7. The van der Waals surface area contributed by atoms with Gasteiger partial charge in [-0.15, -0.1) is 0 Å². The second-order valence-corrected chi connectivity index (χ2v) is 17.6. The van der Waals surface area contributed by atoms with Crippen molar-refractivity contribution >= 4 is 70.7 Å². The summed E-state index contributed by atoms with van der Waals surface area (Å²) in [4.78, 5) is 14.9. The van der Waals surface area contributed by atoms with Crippen LogP contribution in [-0.4, -0.2) is 5.91 Å². The van der Waals surface area contributed by atoms with Crippen LogP contribution in [0.2, 0.25) is 0 Å². The third-order valence-corrected chi connectivity index (χ3v) is 13.8. The zero-order valence-electron chi connectivity index (χ0n) is 31.8. The van der Waals surface area contributed by atoms with Crippen LogP contribution in [0.4, 0.5) is 5.69 Å². The van der Waals surface area contributed by atoms with E-state index in [2.05, 4.69) is 127 Å². The molecule has 0 saturated heterocycles. The quantitative estimate of drug-likeness (QED) is 0.133. The Balaban J connectivity index is 0.00000484. The summed E-state index contributed by atoms with van der Waals surface area (Å²) in [7, 11) is -2.76. The highest BCUT2D eigenvalue weighted by molar-refractivity contribution is 7.69. The van der Waals surface area contributed by atoms with Gasteiger partial charge in [0.05, 0.1) is 5.56 Å². The molecule has 0 aromatic heterocycles. The van der Waals surface area contributed by atoms with E-state index in [-0.39, 0.29) is 13.3 Å². The van der Waals surface area contributed by atoms with Crippen LogP contribution in [-0.2, 0) is 0 Å². The molecule has 0 atom stereocenters. The van der Waals surface area contributed by atoms with Crippen molar-refractivity contribution in [1.82, 2.24) is 0 Å². The molecule has 0 bridgehead atoms. The highest BCUT2D eigenvalue weighted by Crippen LogP contribution is 2.53.